The molecule has 2 nitrogen and oxygen atoms in total. The monoisotopic (exact) mass is 284 g/mol. The number of anilines is 1. The Morgan fingerprint density at radius 1 is 1.10 bits per heavy atom. The number of nitrogens with one attached hydrogen (secondary N) is 2. The Morgan fingerprint density at radius 3 is 2.70 bits per heavy atom. The highest BCUT2D eigenvalue weighted by atomic mass is 32.1. The first-order valence-electron chi connectivity index (χ1n) is 6.92. The van der Waals surface area contributed by atoms with Crippen LogP contribution in [0.15, 0.2) is 42.6 Å². The van der Waals surface area contributed by atoms with Crippen molar-refractivity contribution in [3.05, 3.63) is 52.3 Å². The van der Waals surface area contributed by atoms with Crippen LogP contribution in [-0.2, 0) is 12.0 Å². The fourth-order valence-corrected chi connectivity index (χ4v) is 3.23. The normalized spacial score (nSPS) is 11.9. The van der Waals surface area contributed by atoms with Crippen LogP contribution in [0.4, 0.5) is 5.69 Å². The Bertz CT molecular complexity index is 716. The minimum absolute atomic E-state index is 0.243. The number of aromatic amines is 1. The van der Waals surface area contributed by atoms with Crippen molar-refractivity contribution in [1.29, 1.82) is 0 Å². The smallest absolute Gasteiger partial charge is 0.0494 e. The van der Waals surface area contributed by atoms with E-state index in [-0.39, 0.29) is 5.41 Å². The first-order valence-corrected chi connectivity index (χ1v) is 7.74. The summed E-state index contributed by atoms with van der Waals surface area (Å²) in [5, 5.41) is 4.75. The van der Waals surface area contributed by atoms with E-state index in [4.69, 9.17) is 0 Å². The molecule has 0 radical (unpaired) electrons. The van der Waals surface area contributed by atoms with Gasteiger partial charge in [0.15, 0.2) is 0 Å². The molecule has 1 aromatic carbocycles. The maximum atomic E-state index is 3.50. The van der Waals surface area contributed by atoms with Gasteiger partial charge in [-0.3, -0.25) is 0 Å². The van der Waals surface area contributed by atoms with Crippen molar-refractivity contribution >= 4 is 27.9 Å². The molecule has 0 spiro atoms. The fourth-order valence-electron chi connectivity index (χ4n) is 2.23. The maximum Gasteiger partial charge on any atom is 0.0494 e. The van der Waals surface area contributed by atoms with Gasteiger partial charge in [0.1, 0.15) is 0 Å². The predicted octanol–water partition coefficient (Wildman–Crippen LogP) is 5.14. The Labute approximate surface area is 123 Å². The summed E-state index contributed by atoms with van der Waals surface area (Å²) in [7, 11) is 0. The molecule has 0 saturated heterocycles. The Morgan fingerprint density at radius 2 is 1.95 bits per heavy atom. The molecule has 104 valence electrons. The van der Waals surface area contributed by atoms with Crippen LogP contribution >= 0.6 is 11.3 Å². The molecule has 0 aliphatic carbocycles. The second-order valence-electron chi connectivity index (χ2n) is 6.15. The molecule has 3 aromatic rings. The van der Waals surface area contributed by atoms with E-state index in [2.05, 4.69) is 67.5 Å². The SMILES string of the molecule is CC(C)(C)c1ccc(CNc2ccc3[nH]ccc3c2)s1. The molecular weight excluding hydrogens is 264 g/mol. The minimum Gasteiger partial charge on any atom is -0.380 e. The van der Waals surface area contributed by atoms with Crippen LogP contribution in [0, 0.1) is 0 Å². The first kappa shape index (κ1) is 13.3. The molecule has 0 atom stereocenters. The van der Waals surface area contributed by atoms with Gasteiger partial charge in [0, 0.05) is 39.1 Å². The minimum atomic E-state index is 0.243. The molecule has 2 N–H and O–H groups in total. The Kier molecular flexibility index (Phi) is 3.30. The lowest BCUT2D eigenvalue weighted by Gasteiger charge is -2.15. The molecule has 0 aliphatic rings. The average Bonchev–Trinajstić information content (AvgIpc) is 3.04. The summed E-state index contributed by atoms with van der Waals surface area (Å²) < 4.78 is 0. The van der Waals surface area contributed by atoms with E-state index in [9.17, 15) is 0 Å². The molecular formula is C17H20N2S. The summed E-state index contributed by atoms with van der Waals surface area (Å²) in [5.41, 5.74) is 2.59. The zero-order chi connectivity index (χ0) is 14.2. The van der Waals surface area contributed by atoms with Gasteiger partial charge in [0.05, 0.1) is 0 Å². The summed E-state index contributed by atoms with van der Waals surface area (Å²) in [6.45, 7) is 7.66. The second kappa shape index (κ2) is 4.98. The van der Waals surface area contributed by atoms with Gasteiger partial charge in [-0.2, -0.15) is 0 Å². The van der Waals surface area contributed by atoms with Gasteiger partial charge < -0.3 is 10.3 Å². The average molecular weight is 284 g/mol. The topological polar surface area (TPSA) is 27.8 Å². The number of H-pyrrole nitrogens is 1. The quantitative estimate of drug-likeness (QED) is 0.685. The molecule has 3 rings (SSSR count). The molecule has 3 heteroatoms. The number of benzene rings is 1. The lowest BCUT2D eigenvalue weighted by Crippen LogP contribution is -2.07. The third kappa shape index (κ3) is 2.73. The van der Waals surface area contributed by atoms with Crippen molar-refractivity contribution in [1.82, 2.24) is 4.98 Å². The van der Waals surface area contributed by atoms with Gasteiger partial charge in [0.25, 0.3) is 0 Å². The van der Waals surface area contributed by atoms with Gasteiger partial charge in [-0.15, -0.1) is 11.3 Å². The molecule has 0 aliphatic heterocycles. The molecule has 0 fully saturated rings. The van der Waals surface area contributed by atoms with Crippen LogP contribution in [0.1, 0.15) is 30.5 Å². The van der Waals surface area contributed by atoms with Crippen molar-refractivity contribution in [3.63, 3.8) is 0 Å². The maximum absolute atomic E-state index is 3.50. The number of hydrogen-bond donors (Lipinski definition) is 2. The van der Waals surface area contributed by atoms with Crippen molar-refractivity contribution in [2.45, 2.75) is 32.7 Å². The number of hydrogen-bond acceptors (Lipinski definition) is 2. The van der Waals surface area contributed by atoms with Gasteiger partial charge in [-0.1, -0.05) is 20.8 Å². The van der Waals surface area contributed by atoms with Crippen LogP contribution in [0.5, 0.6) is 0 Å². The van der Waals surface area contributed by atoms with Crippen LogP contribution in [0.3, 0.4) is 0 Å². The largest absolute Gasteiger partial charge is 0.380 e. The van der Waals surface area contributed by atoms with E-state index < -0.39 is 0 Å². The summed E-state index contributed by atoms with van der Waals surface area (Å²) in [5.74, 6) is 0. The Balaban J connectivity index is 1.71. The van der Waals surface area contributed by atoms with Crippen molar-refractivity contribution in [2.75, 3.05) is 5.32 Å². The van der Waals surface area contributed by atoms with E-state index >= 15 is 0 Å². The standard InChI is InChI=1S/C17H20N2S/c1-17(2,3)16-7-5-14(20-16)11-19-13-4-6-15-12(10-13)8-9-18-15/h4-10,18-19H,11H2,1-3H3. The highest BCUT2D eigenvalue weighted by Gasteiger charge is 2.15. The summed E-state index contributed by atoms with van der Waals surface area (Å²) in [6, 6.07) is 13.0. The van der Waals surface area contributed by atoms with Crippen molar-refractivity contribution < 1.29 is 0 Å². The summed E-state index contributed by atoms with van der Waals surface area (Å²) in [6.07, 6.45) is 1.98. The van der Waals surface area contributed by atoms with E-state index in [1.54, 1.807) is 0 Å². The number of rotatable bonds is 3. The molecule has 0 amide bonds. The summed E-state index contributed by atoms with van der Waals surface area (Å²) in [4.78, 5) is 6.03. The fraction of sp³-hybridized carbons (Fsp3) is 0.294. The molecule has 0 bridgehead atoms. The molecule has 20 heavy (non-hydrogen) atoms. The van der Waals surface area contributed by atoms with Crippen molar-refractivity contribution in [3.8, 4) is 0 Å². The van der Waals surface area contributed by atoms with Crippen LogP contribution in [0.25, 0.3) is 10.9 Å². The molecule has 0 unspecified atom stereocenters. The third-order valence-electron chi connectivity index (χ3n) is 3.42. The highest BCUT2D eigenvalue weighted by Crippen LogP contribution is 2.30. The van der Waals surface area contributed by atoms with E-state index in [1.165, 1.54) is 26.3 Å². The van der Waals surface area contributed by atoms with E-state index in [1.807, 2.05) is 17.5 Å². The summed E-state index contributed by atoms with van der Waals surface area (Å²) >= 11 is 1.90. The third-order valence-corrected chi connectivity index (χ3v) is 4.93. The lowest BCUT2D eigenvalue weighted by atomic mass is 9.95. The zero-order valence-corrected chi connectivity index (χ0v) is 13.0. The highest BCUT2D eigenvalue weighted by molar-refractivity contribution is 7.12. The number of aromatic nitrogens is 1. The first-order chi connectivity index (χ1) is 9.52. The Hall–Kier alpha value is -1.74. The van der Waals surface area contributed by atoms with Crippen LogP contribution in [0.2, 0.25) is 0 Å². The van der Waals surface area contributed by atoms with E-state index in [0.717, 1.165) is 6.54 Å². The molecule has 0 saturated carbocycles. The van der Waals surface area contributed by atoms with Gasteiger partial charge in [-0.05, 0) is 41.8 Å². The van der Waals surface area contributed by atoms with Gasteiger partial charge in [0.2, 0.25) is 0 Å². The van der Waals surface area contributed by atoms with Gasteiger partial charge in [-0.25, -0.2) is 0 Å². The number of fused-ring (bicyclic) bond motifs is 1. The van der Waals surface area contributed by atoms with Gasteiger partial charge >= 0.3 is 0 Å². The lowest BCUT2D eigenvalue weighted by molar-refractivity contribution is 0.604. The van der Waals surface area contributed by atoms with Crippen molar-refractivity contribution in [2.24, 2.45) is 0 Å². The zero-order valence-electron chi connectivity index (χ0n) is 12.2. The molecule has 2 aromatic heterocycles. The second-order valence-corrected chi connectivity index (χ2v) is 7.32. The molecule has 2 heterocycles. The van der Waals surface area contributed by atoms with Crippen LogP contribution < -0.4 is 5.32 Å². The predicted molar refractivity (Wildman–Crippen MR) is 88.6 cm³/mol. The van der Waals surface area contributed by atoms with Crippen LogP contribution in [-0.4, -0.2) is 4.98 Å². The number of thiophene rings is 1. The van der Waals surface area contributed by atoms with E-state index in [0.29, 0.717) is 0 Å².